The van der Waals surface area contributed by atoms with E-state index < -0.39 is 0 Å². The molecule has 62 heavy (non-hydrogen) atoms. The summed E-state index contributed by atoms with van der Waals surface area (Å²) in [5, 5.41) is 29.6. The van der Waals surface area contributed by atoms with Crippen molar-refractivity contribution in [1.29, 1.82) is 15.8 Å². The van der Waals surface area contributed by atoms with Gasteiger partial charge < -0.3 is 0 Å². The molecule has 9 saturated carbocycles. The van der Waals surface area contributed by atoms with Crippen LogP contribution in [-0.4, -0.2) is 46.1 Å². The highest BCUT2D eigenvalue weighted by Crippen LogP contribution is 2.55. The van der Waals surface area contributed by atoms with Crippen molar-refractivity contribution in [3.8, 4) is 18.2 Å². The summed E-state index contributed by atoms with van der Waals surface area (Å²) in [5.41, 5.74) is 0. The molecule has 0 spiro atoms. The lowest BCUT2D eigenvalue weighted by atomic mass is 9.59. The zero-order chi connectivity index (χ0) is 42.0. The van der Waals surface area contributed by atoms with Crippen LogP contribution in [0, 0.1) is 111 Å². The fourth-order valence-corrected chi connectivity index (χ4v) is 19.1. The summed E-state index contributed by atoms with van der Waals surface area (Å²) in [5.74, 6) is 8.21. The van der Waals surface area contributed by atoms with Gasteiger partial charge in [0.25, 0.3) is 0 Å². The zero-order valence-corrected chi connectivity index (χ0v) is 39.5. The zero-order valence-electron chi connectivity index (χ0n) is 39.5. The van der Waals surface area contributed by atoms with Crippen LogP contribution < -0.4 is 0 Å². The van der Waals surface area contributed by atoms with Crippen molar-refractivity contribution in [2.75, 3.05) is 0 Å². The van der Waals surface area contributed by atoms with Gasteiger partial charge in [-0.3, -0.25) is 9.80 Å². The third-order valence-electron chi connectivity index (χ3n) is 22.0. The van der Waals surface area contributed by atoms with Gasteiger partial charge in [0.15, 0.2) is 0 Å². The van der Waals surface area contributed by atoms with Gasteiger partial charge in [0, 0.05) is 42.2 Å². The van der Waals surface area contributed by atoms with Gasteiger partial charge in [-0.15, -0.1) is 0 Å². The Morgan fingerprint density at radius 2 is 0.758 bits per heavy atom. The average molecular weight is 844 g/mol. The van der Waals surface area contributed by atoms with E-state index in [1.54, 1.807) is 38.5 Å². The first-order valence-electron chi connectivity index (χ1n) is 28.3. The molecule has 1 saturated heterocycles. The Bertz CT molecular complexity index is 1520. The number of hydrogen-bond acceptors (Lipinski definition) is 5. The van der Waals surface area contributed by atoms with Gasteiger partial charge in [0.1, 0.15) is 0 Å². The Kier molecular flexibility index (Phi) is 14.6. The molecule has 0 aromatic carbocycles. The van der Waals surface area contributed by atoms with E-state index in [1.807, 2.05) is 0 Å². The van der Waals surface area contributed by atoms with Gasteiger partial charge >= 0.3 is 0 Å². The highest BCUT2D eigenvalue weighted by Gasteiger charge is 2.54. The molecule has 7 unspecified atom stereocenters. The molecule has 0 N–H and O–H groups in total. The molecule has 1 heterocycles. The second-order valence-electron chi connectivity index (χ2n) is 24.6. The molecule has 7 atom stereocenters. The fraction of sp³-hybridized carbons (Fsp3) is 0.947. The van der Waals surface area contributed by atoms with Gasteiger partial charge in [-0.1, -0.05) is 51.4 Å². The molecule has 5 heteroatoms. The van der Waals surface area contributed by atoms with Crippen molar-refractivity contribution in [1.82, 2.24) is 9.80 Å². The van der Waals surface area contributed by atoms with Crippen LogP contribution in [0.2, 0.25) is 0 Å². The van der Waals surface area contributed by atoms with Crippen LogP contribution in [0.4, 0.5) is 0 Å². The first-order valence-corrected chi connectivity index (χ1v) is 28.3. The topological polar surface area (TPSA) is 77.8 Å². The van der Waals surface area contributed by atoms with Gasteiger partial charge in [-0.05, 0) is 233 Å². The molecule has 0 aromatic heterocycles. The molecule has 1 aliphatic heterocycles. The lowest BCUT2D eigenvalue weighted by molar-refractivity contribution is -0.00706. The Labute approximate surface area is 380 Å². The van der Waals surface area contributed by atoms with E-state index in [0.29, 0.717) is 18.8 Å². The summed E-state index contributed by atoms with van der Waals surface area (Å²) < 4.78 is 0. The van der Waals surface area contributed by atoms with Crippen LogP contribution in [0.15, 0.2) is 0 Å². The number of nitrogens with zero attached hydrogens (tertiary/aromatic N) is 5. The second kappa shape index (κ2) is 20.5. The lowest BCUT2D eigenvalue weighted by Gasteiger charge is -2.51. The van der Waals surface area contributed by atoms with Crippen LogP contribution in [-0.2, 0) is 0 Å². The SMILES string of the molecule is N#CC1CC(C#N)C(C2CCC(C3CCC(C4CCC(N(C5CCCCC5)C5CCC(C6CCC7C(C6)C6CCCCC6N7C6CCCCC6)CC5)CC4)CC3)CC2)C(C#N)C1. The summed E-state index contributed by atoms with van der Waals surface area (Å²) in [4.78, 5) is 6.51. The van der Waals surface area contributed by atoms with Gasteiger partial charge in [0.05, 0.1) is 30.0 Å². The number of hydrogen-bond donors (Lipinski definition) is 0. The normalized spacial score (nSPS) is 46.5. The highest BCUT2D eigenvalue weighted by molar-refractivity contribution is 5.09. The molecule has 5 nitrogen and oxygen atoms in total. The number of fused-ring (bicyclic) bond motifs is 3. The average Bonchev–Trinajstić information content (AvgIpc) is 3.68. The molecule has 9 aliphatic carbocycles. The van der Waals surface area contributed by atoms with E-state index in [2.05, 4.69) is 28.0 Å². The first kappa shape index (κ1) is 44.2. The third kappa shape index (κ3) is 9.22. The number of nitriles is 3. The quantitative estimate of drug-likeness (QED) is 0.243. The predicted molar refractivity (Wildman–Crippen MR) is 250 cm³/mol. The Morgan fingerprint density at radius 3 is 1.29 bits per heavy atom. The van der Waals surface area contributed by atoms with Gasteiger partial charge in [-0.25, -0.2) is 0 Å². The maximum absolute atomic E-state index is 10.0. The molecule has 10 rings (SSSR count). The Balaban J connectivity index is 0.694. The minimum absolute atomic E-state index is 0.108. The van der Waals surface area contributed by atoms with Crippen LogP contribution >= 0.6 is 0 Å². The van der Waals surface area contributed by atoms with E-state index in [0.717, 1.165) is 83.6 Å². The van der Waals surface area contributed by atoms with Crippen molar-refractivity contribution in [3.63, 3.8) is 0 Å². The van der Waals surface area contributed by atoms with Crippen LogP contribution in [0.3, 0.4) is 0 Å². The third-order valence-corrected chi connectivity index (χ3v) is 22.0. The number of likely N-dealkylation sites (tertiary alicyclic amines) is 1. The van der Waals surface area contributed by atoms with E-state index in [-0.39, 0.29) is 23.7 Å². The van der Waals surface area contributed by atoms with Crippen molar-refractivity contribution in [3.05, 3.63) is 0 Å². The minimum atomic E-state index is -0.115. The van der Waals surface area contributed by atoms with Gasteiger partial charge in [-0.2, -0.15) is 15.8 Å². The summed E-state index contributed by atoms with van der Waals surface area (Å²) >= 11 is 0. The molecule has 0 amide bonds. The van der Waals surface area contributed by atoms with E-state index in [4.69, 9.17) is 0 Å². The standard InChI is InChI=1S/C57H89N5/c58-36-39-33-47(37-59)57(48(34-39)38-60)45-21-19-42(20-22-45)40-15-17-41(18-16-40)43-23-28-51(29-24-43)61(49-9-3-1-4-10-49)52-30-25-44(26-31-52)46-27-32-56-54(35-46)53-13-7-8-14-55(53)62(56)50-11-5-2-6-12-50/h39-57H,1-35H2. The van der Waals surface area contributed by atoms with Crippen molar-refractivity contribution < 1.29 is 0 Å². The monoisotopic (exact) mass is 844 g/mol. The second-order valence-corrected chi connectivity index (χ2v) is 24.6. The maximum atomic E-state index is 10.0. The molecule has 10 aliphatic rings. The molecule has 0 aromatic rings. The largest absolute Gasteiger partial charge is 0.294 e. The minimum Gasteiger partial charge on any atom is -0.294 e. The molecule has 10 fully saturated rings. The maximum Gasteiger partial charge on any atom is 0.0659 e. The van der Waals surface area contributed by atoms with Crippen molar-refractivity contribution >= 4 is 0 Å². The van der Waals surface area contributed by atoms with Crippen LogP contribution in [0.1, 0.15) is 225 Å². The molecule has 0 radical (unpaired) electrons. The summed E-state index contributed by atoms with van der Waals surface area (Å²) in [6.45, 7) is 0. The van der Waals surface area contributed by atoms with Crippen molar-refractivity contribution in [2.45, 2.75) is 261 Å². The lowest BCUT2D eigenvalue weighted by Crippen LogP contribution is -2.53. The molecular formula is C57H89N5. The predicted octanol–water partition coefficient (Wildman–Crippen LogP) is 14.2. The van der Waals surface area contributed by atoms with E-state index in [1.165, 1.54) is 173 Å². The summed E-state index contributed by atoms with van der Waals surface area (Å²) in [6, 6.07) is 13.0. The van der Waals surface area contributed by atoms with Crippen molar-refractivity contribution in [2.24, 2.45) is 76.9 Å². The Morgan fingerprint density at radius 1 is 0.339 bits per heavy atom. The molecular weight excluding hydrogens is 755 g/mol. The smallest absolute Gasteiger partial charge is 0.0659 e. The Hall–Kier alpha value is -1.61. The fourth-order valence-electron chi connectivity index (χ4n) is 19.1. The molecule has 342 valence electrons. The highest BCUT2D eigenvalue weighted by atomic mass is 15.3. The summed E-state index contributed by atoms with van der Waals surface area (Å²) in [7, 11) is 0. The first-order chi connectivity index (χ1) is 30.6. The van der Waals surface area contributed by atoms with Crippen LogP contribution in [0.5, 0.6) is 0 Å². The summed E-state index contributed by atoms with van der Waals surface area (Å²) in [6.07, 6.45) is 50.0. The number of rotatable bonds is 8. The van der Waals surface area contributed by atoms with E-state index in [9.17, 15) is 15.8 Å². The van der Waals surface area contributed by atoms with Crippen LogP contribution in [0.25, 0.3) is 0 Å². The van der Waals surface area contributed by atoms with E-state index >= 15 is 0 Å². The molecule has 0 bridgehead atoms. The van der Waals surface area contributed by atoms with Gasteiger partial charge in [0.2, 0.25) is 0 Å².